The van der Waals surface area contributed by atoms with E-state index in [0.29, 0.717) is 23.5 Å². The van der Waals surface area contributed by atoms with Crippen molar-refractivity contribution >= 4 is 33.4 Å². The number of carbonyl (C=O) groups excluding carboxylic acids is 2. The lowest BCUT2D eigenvalue weighted by Crippen LogP contribution is -2.56. The molecule has 0 spiro atoms. The molecular formula is C18H23N3O3S. The maximum atomic E-state index is 13.0. The zero-order valence-corrected chi connectivity index (χ0v) is 15.9. The minimum atomic E-state index is -0.913. The molecule has 6 nitrogen and oxygen atoms in total. The van der Waals surface area contributed by atoms with Crippen molar-refractivity contribution in [1.29, 1.82) is 0 Å². The summed E-state index contributed by atoms with van der Waals surface area (Å²) in [7, 11) is 1.37. The van der Waals surface area contributed by atoms with Gasteiger partial charge >= 0.3 is 5.97 Å². The molecule has 134 valence electrons. The van der Waals surface area contributed by atoms with E-state index in [1.165, 1.54) is 18.4 Å². The quantitative estimate of drug-likeness (QED) is 0.849. The third kappa shape index (κ3) is 3.13. The van der Waals surface area contributed by atoms with Crippen LogP contribution in [0.4, 0.5) is 0 Å². The Morgan fingerprint density at radius 1 is 1.12 bits per heavy atom. The fraction of sp³-hybridized carbons (Fsp3) is 0.556. The summed E-state index contributed by atoms with van der Waals surface area (Å²) in [5.74, 6) is 0.104. The SMILES string of the molecule is COC(=O)C1(NC(=O)c2sc3nc(C)nc(C)c3c2C)CCCCC1. The van der Waals surface area contributed by atoms with Crippen molar-refractivity contribution in [1.82, 2.24) is 15.3 Å². The number of aromatic nitrogens is 2. The van der Waals surface area contributed by atoms with Crippen LogP contribution in [0.1, 0.15) is 58.9 Å². The molecule has 0 unspecified atom stereocenters. The highest BCUT2D eigenvalue weighted by atomic mass is 32.1. The molecule has 0 aliphatic heterocycles. The van der Waals surface area contributed by atoms with Gasteiger partial charge in [0.2, 0.25) is 0 Å². The lowest BCUT2D eigenvalue weighted by molar-refractivity contribution is -0.149. The largest absolute Gasteiger partial charge is 0.467 e. The Hall–Kier alpha value is -2.02. The van der Waals surface area contributed by atoms with Crippen LogP contribution in [0.5, 0.6) is 0 Å². The summed E-state index contributed by atoms with van der Waals surface area (Å²) >= 11 is 1.35. The monoisotopic (exact) mass is 361 g/mol. The lowest BCUT2D eigenvalue weighted by Gasteiger charge is -2.35. The molecule has 1 N–H and O–H groups in total. The Balaban J connectivity index is 1.97. The first-order valence-electron chi connectivity index (χ1n) is 8.53. The van der Waals surface area contributed by atoms with E-state index in [1.807, 2.05) is 20.8 Å². The topological polar surface area (TPSA) is 81.2 Å². The molecule has 1 aliphatic rings. The molecule has 0 atom stereocenters. The number of methoxy groups -OCH3 is 1. The fourth-order valence-corrected chi connectivity index (χ4v) is 4.87. The van der Waals surface area contributed by atoms with E-state index in [0.717, 1.165) is 40.7 Å². The Labute approximate surface area is 151 Å². The first-order valence-corrected chi connectivity index (χ1v) is 9.35. The number of hydrogen-bond donors (Lipinski definition) is 1. The van der Waals surface area contributed by atoms with Gasteiger partial charge in [-0.25, -0.2) is 14.8 Å². The molecule has 2 heterocycles. The molecule has 2 aromatic heterocycles. The van der Waals surface area contributed by atoms with Gasteiger partial charge in [-0.1, -0.05) is 19.3 Å². The van der Waals surface area contributed by atoms with Gasteiger partial charge in [0.05, 0.1) is 12.0 Å². The molecule has 1 amide bonds. The number of amides is 1. The fourth-order valence-electron chi connectivity index (χ4n) is 3.70. The summed E-state index contributed by atoms with van der Waals surface area (Å²) in [5.41, 5.74) is 0.824. The number of ether oxygens (including phenoxy) is 1. The number of thiophene rings is 1. The summed E-state index contributed by atoms with van der Waals surface area (Å²) < 4.78 is 4.98. The standard InChI is InChI=1S/C18H23N3O3S/c1-10-13-11(2)19-12(3)20-16(13)25-14(10)15(22)21-18(17(23)24-4)8-6-5-7-9-18/h5-9H2,1-4H3,(H,21,22). The minimum Gasteiger partial charge on any atom is -0.467 e. The first-order chi connectivity index (χ1) is 11.9. The van der Waals surface area contributed by atoms with E-state index in [-0.39, 0.29) is 11.9 Å². The Morgan fingerprint density at radius 3 is 2.44 bits per heavy atom. The van der Waals surface area contributed by atoms with Crippen LogP contribution in [0, 0.1) is 20.8 Å². The molecule has 0 radical (unpaired) electrons. The van der Waals surface area contributed by atoms with E-state index in [1.54, 1.807) is 0 Å². The van der Waals surface area contributed by atoms with Gasteiger partial charge in [0.25, 0.3) is 5.91 Å². The minimum absolute atomic E-state index is 0.232. The van der Waals surface area contributed by atoms with Gasteiger partial charge in [-0.05, 0) is 39.2 Å². The molecule has 3 rings (SSSR count). The van der Waals surface area contributed by atoms with Crippen molar-refractivity contribution in [3.8, 4) is 0 Å². The summed E-state index contributed by atoms with van der Waals surface area (Å²) in [6.07, 6.45) is 4.13. The third-order valence-electron chi connectivity index (χ3n) is 4.93. The van der Waals surface area contributed by atoms with Gasteiger partial charge in [-0.2, -0.15) is 0 Å². The smallest absolute Gasteiger partial charge is 0.331 e. The van der Waals surface area contributed by atoms with Crippen molar-refractivity contribution in [3.63, 3.8) is 0 Å². The van der Waals surface area contributed by atoms with Crippen molar-refractivity contribution in [3.05, 3.63) is 22.0 Å². The number of esters is 1. The summed E-state index contributed by atoms with van der Waals surface area (Å²) in [6, 6.07) is 0. The third-order valence-corrected chi connectivity index (χ3v) is 6.11. The second-order valence-electron chi connectivity index (χ2n) is 6.68. The van der Waals surface area contributed by atoms with Gasteiger partial charge in [0.15, 0.2) is 0 Å². The maximum absolute atomic E-state index is 13.0. The van der Waals surface area contributed by atoms with E-state index in [4.69, 9.17) is 4.74 Å². The summed E-state index contributed by atoms with van der Waals surface area (Å²) in [5, 5.41) is 3.91. The van der Waals surface area contributed by atoms with Crippen LogP contribution in [0.3, 0.4) is 0 Å². The number of carbonyl (C=O) groups is 2. The first kappa shape index (κ1) is 17.8. The predicted octanol–water partition coefficient (Wildman–Crippen LogP) is 3.22. The highest BCUT2D eigenvalue weighted by molar-refractivity contribution is 7.20. The van der Waals surface area contributed by atoms with Crippen molar-refractivity contribution in [2.24, 2.45) is 0 Å². The van der Waals surface area contributed by atoms with Crippen molar-refractivity contribution in [2.75, 3.05) is 7.11 Å². The normalized spacial score (nSPS) is 16.6. The van der Waals surface area contributed by atoms with Crippen molar-refractivity contribution in [2.45, 2.75) is 58.4 Å². The zero-order valence-electron chi connectivity index (χ0n) is 15.1. The highest BCUT2D eigenvalue weighted by Crippen LogP contribution is 2.34. The molecule has 0 saturated heterocycles. The molecule has 1 saturated carbocycles. The number of nitrogens with one attached hydrogen (secondary N) is 1. The molecular weight excluding hydrogens is 338 g/mol. The number of nitrogens with zero attached hydrogens (tertiary/aromatic N) is 2. The number of hydrogen-bond acceptors (Lipinski definition) is 6. The van der Waals surface area contributed by atoms with E-state index in [9.17, 15) is 9.59 Å². The summed E-state index contributed by atoms with van der Waals surface area (Å²) in [6.45, 7) is 5.68. The molecule has 0 aromatic carbocycles. The predicted molar refractivity (Wildman–Crippen MR) is 96.9 cm³/mol. The van der Waals surface area contributed by atoms with Crippen LogP contribution in [0.15, 0.2) is 0 Å². The molecule has 1 aliphatic carbocycles. The second kappa shape index (κ2) is 6.71. The van der Waals surface area contributed by atoms with Gasteiger partial charge in [0.1, 0.15) is 16.2 Å². The number of aryl methyl sites for hydroxylation is 3. The second-order valence-corrected chi connectivity index (χ2v) is 7.68. The average molecular weight is 361 g/mol. The highest BCUT2D eigenvalue weighted by Gasteiger charge is 2.42. The van der Waals surface area contributed by atoms with Gasteiger partial charge in [-0.3, -0.25) is 4.79 Å². The maximum Gasteiger partial charge on any atom is 0.331 e. The summed E-state index contributed by atoms with van der Waals surface area (Å²) in [4.78, 5) is 35.6. The zero-order chi connectivity index (χ0) is 18.2. The van der Waals surface area contributed by atoms with Crippen LogP contribution < -0.4 is 5.32 Å². The lowest BCUT2D eigenvalue weighted by atomic mass is 9.81. The average Bonchev–Trinajstić information content (AvgIpc) is 2.91. The number of fused-ring (bicyclic) bond motifs is 1. The Bertz CT molecular complexity index is 838. The van der Waals surface area contributed by atoms with E-state index < -0.39 is 5.54 Å². The number of rotatable bonds is 3. The van der Waals surface area contributed by atoms with Crippen LogP contribution in [-0.4, -0.2) is 34.5 Å². The Morgan fingerprint density at radius 2 is 1.80 bits per heavy atom. The molecule has 25 heavy (non-hydrogen) atoms. The molecule has 7 heteroatoms. The molecule has 2 aromatic rings. The van der Waals surface area contributed by atoms with Crippen LogP contribution in [-0.2, 0) is 9.53 Å². The van der Waals surface area contributed by atoms with Crippen LogP contribution in [0.25, 0.3) is 10.2 Å². The van der Waals surface area contributed by atoms with Crippen LogP contribution in [0.2, 0.25) is 0 Å². The van der Waals surface area contributed by atoms with Gasteiger partial charge < -0.3 is 10.1 Å². The molecule has 1 fully saturated rings. The van der Waals surface area contributed by atoms with E-state index in [2.05, 4.69) is 15.3 Å². The van der Waals surface area contributed by atoms with Crippen molar-refractivity contribution < 1.29 is 14.3 Å². The molecule has 0 bridgehead atoms. The van der Waals surface area contributed by atoms with E-state index >= 15 is 0 Å². The van der Waals surface area contributed by atoms with Gasteiger partial charge in [0, 0.05) is 11.1 Å². The van der Waals surface area contributed by atoms with Crippen LogP contribution >= 0.6 is 11.3 Å². The van der Waals surface area contributed by atoms with Gasteiger partial charge in [-0.15, -0.1) is 11.3 Å². The Kier molecular flexibility index (Phi) is 4.77.